The quantitative estimate of drug-likeness (QED) is 0.808. The van der Waals surface area contributed by atoms with Crippen LogP contribution in [0.3, 0.4) is 0 Å². The first kappa shape index (κ1) is 15.2. The molecule has 0 saturated carbocycles. The van der Waals surface area contributed by atoms with Gasteiger partial charge in [-0.3, -0.25) is 4.79 Å². The Morgan fingerprint density at radius 3 is 2.24 bits per heavy atom. The molecule has 21 heavy (non-hydrogen) atoms. The minimum absolute atomic E-state index is 0.0125. The molecular weight excluding hydrogens is 260 g/mol. The van der Waals surface area contributed by atoms with E-state index in [4.69, 9.17) is 0 Å². The van der Waals surface area contributed by atoms with Crippen LogP contribution in [0.15, 0.2) is 54.9 Å². The number of nitrogens with zero attached hydrogens (tertiary/aromatic N) is 1. The maximum Gasteiger partial charge on any atom is 0.290 e. The van der Waals surface area contributed by atoms with Crippen LogP contribution in [0.4, 0.5) is 5.69 Å². The van der Waals surface area contributed by atoms with Crippen molar-refractivity contribution >= 4 is 11.6 Å². The molecule has 3 nitrogen and oxygen atoms in total. The molecular formula is C18H23N2O+. The van der Waals surface area contributed by atoms with Crippen LogP contribution in [0.2, 0.25) is 0 Å². The summed E-state index contributed by atoms with van der Waals surface area (Å²) in [6.07, 6.45) is 6.26. The van der Waals surface area contributed by atoms with Crippen molar-refractivity contribution in [3.05, 3.63) is 60.4 Å². The van der Waals surface area contributed by atoms with Gasteiger partial charge in [-0.25, -0.2) is 0 Å². The van der Waals surface area contributed by atoms with Crippen molar-refractivity contribution < 1.29 is 9.36 Å². The van der Waals surface area contributed by atoms with Crippen LogP contribution >= 0.6 is 0 Å². The molecule has 1 heterocycles. The summed E-state index contributed by atoms with van der Waals surface area (Å²) < 4.78 is 1.91. The number of para-hydroxylation sites is 1. The average molecular weight is 283 g/mol. The fourth-order valence-electron chi connectivity index (χ4n) is 2.49. The summed E-state index contributed by atoms with van der Waals surface area (Å²) in [5.41, 5.74) is 2.18. The second-order valence-electron chi connectivity index (χ2n) is 5.23. The smallest absolute Gasteiger partial charge is 0.290 e. The van der Waals surface area contributed by atoms with Crippen LogP contribution in [-0.4, -0.2) is 5.91 Å². The van der Waals surface area contributed by atoms with Crippen LogP contribution in [0.25, 0.3) is 0 Å². The van der Waals surface area contributed by atoms with Gasteiger partial charge in [-0.1, -0.05) is 32.0 Å². The Balaban J connectivity index is 1.95. The molecule has 0 bridgehead atoms. The lowest BCUT2D eigenvalue weighted by molar-refractivity contribution is -0.684. The summed E-state index contributed by atoms with van der Waals surface area (Å²) in [5.74, 6) is 0.597. The number of hydrogen-bond acceptors (Lipinski definition) is 1. The maximum absolute atomic E-state index is 12.0. The van der Waals surface area contributed by atoms with Crippen LogP contribution in [-0.2, 0) is 11.3 Å². The van der Waals surface area contributed by atoms with Crippen molar-refractivity contribution in [1.82, 2.24) is 0 Å². The van der Waals surface area contributed by atoms with Gasteiger partial charge in [0.15, 0.2) is 12.4 Å². The van der Waals surface area contributed by atoms with Crippen molar-refractivity contribution in [3.63, 3.8) is 0 Å². The predicted octanol–water partition coefficient (Wildman–Crippen LogP) is 3.52. The zero-order valence-corrected chi connectivity index (χ0v) is 12.8. The van der Waals surface area contributed by atoms with E-state index in [1.165, 1.54) is 5.56 Å². The van der Waals surface area contributed by atoms with Crippen molar-refractivity contribution in [2.75, 3.05) is 5.32 Å². The lowest BCUT2D eigenvalue weighted by atomic mass is 9.95. The molecule has 3 heteroatoms. The fraction of sp³-hybridized carbons (Fsp3) is 0.333. The molecule has 0 aliphatic rings. The molecule has 1 aromatic carbocycles. The highest BCUT2D eigenvalue weighted by Crippen LogP contribution is 2.21. The van der Waals surface area contributed by atoms with Gasteiger partial charge in [0.05, 0.1) is 0 Å². The summed E-state index contributed by atoms with van der Waals surface area (Å²) in [6.45, 7) is 4.75. The van der Waals surface area contributed by atoms with Crippen molar-refractivity contribution in [1.29, 1.82) is 0 Å². The molecule has 1 aromatic heterocycles. The molecule has 0 spiro atoms. The number of pyridine rings is 1. The van der Waals surface area contributed by atoms with Crippen molar-refractivity contribution in [2.45, 2.75) is 39.2 Å². The molecule has 1 N–H and O–H groups in total. The number of carbonyl (C=O) groups is 1. The molecule has 0 radical (unpaired) electrons. The number of benzene rings is 1. The topological polar surface area (TPSA) is 33.0 Å². The Labute approximate surface area is 126 Å². The maximum atomic E-state index is 12.0. The first-order chi connectivity index (χ1) is 10.2. The van der Waals surface area contributed by atoms with Gasteiger partial charge in [0.25, 0.3) is 5.91 Å². The van der Waals surface area contributed by atoms with Crippen molar-refractivity contribution in [2.24, 2.45) is 0 Å². The van der Waals surface area contributed by atoms with E-state index >= 15 is 0 Å². The molecule has 0 aliphatic carbocycles. The Kier molecular flexibility index (Phi) is 5.50. The van der Waals surface area contributed by atoms with E-state index < -0.39 is 0 Å². The van der Waals surface area contributed by atoms with Crippen LogP contribution < -0.4 is 9.88 Å². The second kappa shape index (κ2) is 7.58. The molecule has 0 atom stereocenters. The highest BCUT2D eigenvalue weighted by atomic mass is 16.1. The highest BCUT2D eigenvalue weighted by molar-refractivity contribution is 5.89. The first-order valence-electron chi connectivity index (χ1n) is 7.56. The van der Waals surface area contributed by atoms with E-state index in [0.29, 0.717) is 12.5 Å². The molecule has 2 rings (SSSR count). The standard InChI is InChI=1S/C18H22N2O/c1-3-15(4-2)16-10-12-20(13-11-16)14-18(21)19-17-8-6-5-7-9-17/h5-13,15H,3-4,14H2,1-2H3/p+1. The minimum atomic E-state index is -0.0125. The number of anilines is 1. The van der Waals surface area contributed by atoms with E-state index in [2.05, 4.69) is 31.3 Å². The number of carbonyl (C=O) groups excluding carboxylic acids is 1. The predicted molar refractivity (Wildman–Crippen MR) is 85.0 cm³/mol. The lowest BCUT2D eigenvalue weighted by Gasteiger charge is -2.11. The first-order valence-corrected chi connectivity index (χ1v) is 7.56. The van der Waals surface area contributed by atoms with Gasteiger partial charge < -0.3 is 5.32 Å². The number of rotatable bonds is 6. The van der Waals surface area contributed by atoms with Crippen LogP contribution in [0.5, 0.6) is 0 Å². The molecule has 1 amide bonds. The number of amides is 1. The monoisotopic (exact) mass is 283 g/mol. The van der Waals surface area contributed by atoms with E-state index in [1.54, 1.807) is 0 Å². The summed E-state index contributed by atoms with van der Waals surface area (Å²) >= 11 is 0. The van der Waals surface area contributed by atoms with E-state index in [1.807, 2.05) is 47.3 Å². The Morgan fingerprint density at radius 1 is 1.05 bits per heavy atom. The van der Waals surface area contributed by atoms with Crippen LogP contribution in [0.1, 0.15) is 38.2 Å². The number of nitrogens with one attached hydrogen (secondary N) is 1. The lowest BCUT2D eigenvalue weighted by Crippen LogP contribution is -2.39. The largest absolute Gasteiger partial charge is 0.321 e. The van der Waals surface area contributed by atoms with Crippen LogP contribution in [0, 0.1) is 0 Å². The molecule has 0 saturated heterocycles. The molecule has 0 aliphatic heterocycles. The third-order valence-electron chi connectivity index (χ3n) is 3.76. The van der Waals surface area contributed by atoms with Gasteiger partial charge in [0.2, 0.25) is 6.54 Å². The Morgan fingerprint density at radius 2 is 1.67 bits per heavy atom. The molecule has 0 unspecified atom stereocenters. The summed E-state index contributed by atoms with van der Waals surface area (Å²) in [5, 5.41) is 2.89. The van der Waals surface area contributed by atoms with Gasteiger partial charge >= 0.3 is 0 Å². The zero-order chi connectivity index (χ0) is 15.1. The normalized spacial score (nSPS) is 10.6. The molecule has 0 fully saturated rings. The van der Waals surface area contributed by atoms with Crippen molar-refractivity contribution in [3.8, 4) is 0 Å². The third-order valence-corrected chi connectivity index (χ3v) is 3.76. The zero-order valence-electron chi connectivity index (χ0n) is 12.8. The number of aromatic nitrogens is 1. The van der Waals surface area contributed by atoms with E-state index in [9.17, 15) is 4.79 Å². The minimum Gasteiger partial charge on any atom is -0.321 e. The van der Waals surface area contributed by atoms with E-state index in [0.717, 1.165) is 18.5 Å². The SMILES string of the molecule is CCC(CC)c1cc[n+](CC(=O)Nc2ccccc2)cc1. The summed E-state index contributed by atoms with van der Waals surface area (Å²) in [6, 6.07) is 13.8. The summed E-state index contributed by atoms with van der Waals surface area (Å²) in [4.78, 5) is 12.0. The Bertz CT molecular complexity index is 560. The van der Waals surface area contributed by atoms with Gasteiger partial charge in [-0.15, -0.1) is 0 Å². The third kappa shape index (κ3) is 4.42. The average Bonchev–Trinajstić information content (AvgIpc) is 2.51. The molecule has 110 valence electrons. The Hall–Kier alpha value is -2.16. The van der Waals surface area contributed by atoms with Gasteiger partial charge in [-0.05, 0) is 36.5 Å². The second-order valence-corrected chi connectivity index (χ2v) is 5.23. The fourth-order valence-corrected chi connectivity index (χ4v) is 2.49. The molecule has 2 aromatic rings. The number of hydrogen-bond donors (Lipinski definition) is 1. The highest BCUT2D eigenvalue weighted by Gasteiger charge is 2.12. The van der Waals surface area contributed by atoms with E-state index in [-0.39, 0.29) is 5.91 Å². The van der Waals surface area contributed by atoms with Gasteiger partial charge in [0.1, 0.15) is 0 Å². The van der Waals surface area contributed by atoms with Gasteiger partial charge in [-0.2, -0.15) is 4.57 Å². The van der Waals surface area contributed by atoms with Gasteiger partial charge in [0, 0.05) is 17.8 Å². The summed E-state index contributed by atoms with van der Waals surface area (Å²) in [7, 11) is 0.